The number of carbonyl (C=O) groups is 1. The van der Waals surface area contributed by atoms with Crippen LogP contribution in [0.3, 0.4) is 0 Å². The number of amides is 1. The molecular formula is C17H26N6O. The van der Waals surface area contributed by atoms with Crippen molar-refractivity contribution in [1.29, 1.82) is 5.26 Å². The lowest BCUT2D eigenvalue weighted by molar-refractivity contribution is -0.130. The van der Waals surface area contributed by atoms with E-state index in [9.17, 15) is 4.79 Å². The van der Waals surface area contributed by atoms with Gasteiger partial charge in [-0.3, -0.25) is 9.48 Å². The summed E-state index contributed by atoms with van der Waals surface area (Å²) in [6.07, 6.45) is 7.23. The Labute approximate surface area is 143 Å². The predicted molar refractivity (Wildman–Crippen MR) is 88.7 cm³/mol. The third-order valence-electron chi connectivity index (χ3n) is 5.85. The smallest absolute Gasteiger partial charge is 0.237 e. The van der Waals surface area contributed by atoms with Crippen molar-refractivity contribution >= 4 is 5.91 Å². The van der Waals surface area contributed by atoms with E-state index in [0.717, 1.165) is 32.2 Å². The molecule has 1 amide bonds. The van der Waals surface area contributed by atoms with Crippen molar-refractivity contribution in [1.82, 2.24) is 25.0 Å². The van der Waals surface area contributed by atoms with Crippen molar-refractivity contribution < 1.29 is 4.79 Å². The first-order valence-corrected chi connectivity index (χ1v) is 8.77. The van der Waals surface area contributed by atoms with E-state index in [1.165, 1.54) is 0 Å². The molecule has 2 fully saturated rings. The Morgan fingerprint density at radius 2 is 2.25 bits per heavy atom. The van der Waals surface area contributed by atoms with Gasteiger partial charge >= 0.3 is 0 Å². The Morgan fingerprint density at radius 3 is 2.96 bits per heavy atom. The van der Waals surface area contributed by atoms with Gasteiger partial charge in [0, 0.05) is 19.1 Å². The first kappa shape index (κ1) is 16.9. The summed E-state index contributed by atoms with van der Waals surface area (Å²) in [5.74, 6) is 0.556. The molecule has 24 heavy (non-hydrogen) atoms. The van der Waals surface area contributed by atoms with Crippen LogP contribution in [0.2, 0.25) is 0 Å². The third-order valence-corrected chi connectivity index (χ3v) is 5.85. The highest BCUT2D eigenvalue weighted by molar-refractivity contribution is 5.79. The van der Waals surface area contributed by atoms with Crippen molar-refractivity contribution in [3.63, 3.8) is 0 Å². The average Bonchev–Trinajstić information content (AvgIpc) is 3.28. The first-order valence-electron chi connectivity index (χ1n) is 8.77. The summed E-state index contributed by atoms with van der Waals surface area (Å²) in [6.45, 7) is 6.42. The highest BCUT2D eigenvalue weighted by Gasteiger charge is 2.43. The topological polar surface area (TPSA) is 86.8 Å². The van der Waals surface area contributed by atoms with Crippen LogP contribution >= 0.6 is 0 Å². The zero-order chi connectivity index (χ0) is 17.2. The molecule has 1 aromatic heterocycles. The number of nitrogens with zero attached hydrogens (tertiary/aromatic N) is 5. The largest absolute Gasteiger partial charge is 0.326 e. The number of aromatic nitrogens is 3. The van der Waals surface area contributed by atoms with Crippen LogP contribution in [0.25, 0.3) is 0 Å². The van der Waals surface area contributed by atoms with E-state index in [1.807, 2.05) is 4.68 Å². The van der Waals surface area contributed by atoms with E-state index >= 15 is 0 Å². The van der Waals surface area contributed by atoms with Gasteiger partial charge in [-0.2, -0.15) is 10.4 Å². The minimum atomic E-state index is -0.240. The fraction of sp³-hybridized carbons (Fsp3) is 0.765. The molecule has 1 saturated heterocycles. The molecular weight excluding hydrogens is 304 g/mol. The van der Waals surface area contributed by atoms with E-state index in [2.05, 4.69) is 35.3 Å². The molecule has 0 spiro atoms. The Bertz CT molecular complexity index is 605. The Kier molecular flexibility index (Phi) is 4.86. The lowest BCUT2D eigenvalue weighted by Crippen LogP contribution is -2.47. The second-order valence-corrected chi connectivity index (χ2v) is 7.52. The van der Waals surface area contributed by atoms with Gasteiger partial charge in [0.15, 0.2) is 0 Å². The maximum absolute atomic E-state index is 12.4. The van der Waals surface area contributed by atoms with Crippen molar-refractivity contribution in [3.8, 4) is 6.07 Å². The third kappa shape index (κ3) is 3.29. The molecule has 0 aromatic carbocycles. The first-order chi connectivity index (χ1) is 11.5. The van der Waals surface area contributed by atoms with E-state index in [1.54, 1.807) is 17.6 Å². The van der Waals surface area contributed by atoms with E-state index in [4.69, 9.17) is 5.26 Å². The lowest BCUT2D eigenvalue weighted by Gasteiger charge is -2.34. The van der Waals surface area contributed by atoms with Crippen LogP contribution in [0.5, 0.6) is 0 Å². The van der Waals surface area contributed by atoms with E-state index < -0.39 is 0 Å². The van der Waals surface area contributed by atoms with Gasteiger partial charge in [0.2, 0.25) is 5.91 Å². The number of carbonyl (C=O) groups excluding carboxylic acids is 1. The summed E-state index contributed by atoms with van der Waals surface area (Å²) >= 11 is 0. The number of nitriles is 1. The maximum Gasteiger partial charge on any atom is 0.237 e. The zero-order valence-corrected chi connectivity index (χ0v) is 14.5. The highest BCUT2D eigenvalue weighted by atomic mass is 16.2. The Balaban J connectivity index is 1.54. The molecule has 1 aliphatic carbocycles. The molecule has 7 nitrogen and oxygen atoms in total. The van der Waals surface area contributed by atoms with E-state index in [-0.39, 0.29) is 17.4 Å². The summed E-state index contributed by atoms with van der Waals surface area (Å²) in [4.78, 5) is 18.1. The standard InChI is InChI=1S/C17H26N6O/c1-17(2)13(10-22-12-19-11-21-22)5-6-15(17)20-9-16(24)23-7-3-4-14(23)8-18/h11-15,20H,3-7,9-10H2,1-2H3/t13-,14-,15-/m0/s1. The second-order valence-electron chi connectivity index (χ2n) is 7.52. The molecule has 2 heterocycles. The summed E-state index contributed by atoms with van der Waals surface area (Å²) in [5.41, 5.74) is 0.0892. The molecule has 7 heteroatoms. The van der Waals surface area contributed by atoms with Crippen LogP contribution in [-0.4, -0.2) is 50.7 Å². The molecule has 1 aromatic rings. The van der Waals surface area contributed by atoms with Crippen molar-refractivity contribution in [2.75, 3.05) is 13.1 Å². The summed E-state index contributed by atoms with van der Waals surface area (Å²) in [7, 11) is 0. The molecule has 0 radical (unpaired) electrons. The van der Waals surface area contributed by atoms with Gasteiger partial charge in [-0.05, 0) is 37.0 Å². The van der Waals surface area contributed by atoms with Gasteiger partial charge in [-0.15, -0.1) is 0 Å². The molecule has 1 N–H and O–H groups in total. The zero-order valence-electron chi connectivity index (χ0n) is 14.5. The van der Waals surface area contributed by atoms with Gasteiger partial charge in [0.05, 0.1) is 12.6 Å². The van der Waals surface area contributed by atoms with Crippen molar-refractivity contribution in [2.45, 2.75) is 58.2 Å². The van der Waals surface area contributed by atoms with Crippen LogP contribution < -0.4 is 5.32 Å². The number of likely N-dealkylation sites (tertiary alicyclic amines) is 1. The molecule has 2 aliphatic rings. The maximum atomic E-state index is 12.4. The lowest BCUT2D eigenvalue weighted by atomic mass is 9.79. The van der Waals surface area contributed by atoms with Crippen LogP contribution in [0.1, 0.15) is 39.5 Å². The monoisotopic (exact) mass is 330 g/mol. The second kappa shape index (κ2) is 6.89. The van der Waals surface area contributed by atoms with Crippen LogP contribution in [0, 0.1) is 22.7 Å². The van der Waals surface area contributed by atoms with Crippen LogP contribution in [0.4, 0.5) is 0 Å². The number of hydrogen-bond acceptors (Lipinski definition) is 5. The quantitative estimate of drug-likeness (QED) is 0.876. The highest BCUT2D eigenvalue weighted by Crippen LogP contribution is 2.43. The van der Waals surface area contributed by atoms with Crippen molar-refractivity contribution in [2.24, 2.45) is 11.3 Å². The van der Waals surface area contributed by atoms with Gasteiger partial charge in [-0.1, -0.05) is 13.8 Å². The molecule has 0 unspecified atom stereocenters. The normalized spacial score (nSPS) is 28.9. The molecule has 1 aliphatic heterocycles. The van der Waals surface area contributed by atoms with Crippen LogP contribution in [0.15, 0.2) is 12.7 Å². The summed E-state index contributed by atoms with van der Waals surface area (Å²) < 4.78 is 1.89. The fourth-order valence-electron chi connectivity index (χ4n) is 4.15. The predicted octanol–water partition coefficient (Wildman–Crippen LogP) is 1.19. The number of hydrogen-bond donors (Lipinski definition) is 1. The molecule has 3 atom stereocenters. The molecule has 3 rings (SSSR count). The van der Waals surface area contributed by atoms with Gasteiger partial charge < -0.3 is 10.2 Å². The molecule has 1 saturated carbocycles. The van der Waals surface area contributed by atoms with Crippen LogP contribution in [-0.2, 0) is 11.3 Å². The molecule has 130 valence electrons. The minimum absolute atomic E-state index is 0.0505. The SMILES string of the molecule is CC1(C)[C@H](Cn2cncn2)CC[C@@H]1NCC(=O)N1CCC[C@H]1C#N. The number of rotatable bonds is 5. The average molecular weight is 330 g/mol. The Morgan fingerprint density at radius 1 is 1.42 bits per heavy atom. The van der Waals surface area contributed by atoms with Crippen molar-refractivity contribution in [3.05, 3.63) is 12.7 Å². The molecule has 0 bridgehead atoms. The van der Waals surface area contributed by atoms with Gasteiger partial charge in [0.25, 0.3) is 0 Å². The minimum Gasteiger partial charge on any atom is -0.326 e. The summed E-state index contributed by atoms with van der Waals surface area (Å²) in [5, 5.41) is 16.8. The van der Waals surface area contributed by atoms with Gasteiger partial charge in [0.1, 0.15) is 18.7 Å². The fourth-order valence-corrected chi connectivity index (χ4v) is 4.15. The summed E-state index contributed by atoms with van der Waals surface area (Å²) in [6, 6.07) is 2.30. The van der Waals surface area contributed by atoms with Gasteiger partial charge in [-0.25, -0.2) is 4.98 Å². The number of nitrogens with one attached hydrogen (secondary N) is 1. The van der Waals surface area contributed by atoms with E-state index in [0.29, 0.717) is 25.0 Å². The Hall–Kier alpha value is -1.94.